The third kappa shape index (κ3) is 7.17. The molecule has 1 aromatic rings. The lowest BCUT2D eigenvalue weighted by atomic mass is 9.86. The maximum absolute atomic E-state index is 14.2. The van der Waals surface area contributed by atoms with E-state index in [1.165, 1.54) is 0 Å². The van der Waals surface area contributed by atoms with E-state index in [1.807, 2.05) is 58.0 Å². The first kappa shape index (κ1) is 30.0. The third-order valence-electron chi connectivity index (χ3n) is 5.61. The molecule has 10 heteroatoms. The number of nitrogens with zero attached hydrogens (tertiary/aromatic N) is 2. The molecule has 0 amide bonds. The maximum Gasteiger partial charge on any atom is 0.345 e. The van der Waals surface area contributed by atoms with Gasteiger partial charge in [-0.3, -0.25) is 9.36 Å². The summed E-state index contributed by atoms with van der Waals surface area (Å²) in [4.78, 5) is 23.3. The fraction of sp³-hybridized carbons (Fsp3) is 0.654. The molecule has 9 nitrogen and oxygen atoms in total. The molecular formula is C26H41N2O7P. The summed E-state index contributed by atoms with van der Waals surface area (Å²) in [7, 11) is -4.01. The second kappa shape index (κ2) is 14.5. The number of ether oxygens (including phenoxy) is 3. The summed E-state index contributed by atoms with van der Waals surface area (Å²) in [5, 5.41) is 0. The quantitative estimate of drug-likeness (QED) is 0.256. The Morgan fingerprint density at radius 2 is 1.36 bits per heavy atom. The molecule has 1 aliphatic rings. The molecule has 1 aliphatic heterocycles. The predicted molar refractivity (Wildman–Crippen MR) is 141 cm³/mol. The van der Waals surface area contributed by atoms with Gasteiger partial charge >= 0.3 is 13.6 Å². The number of benzene rings is 1. The summed E-state index contributed by atoms with van der Waals surface area (Å²) < 4.78 is 42.9. The van der Waals surface area contributed by atoms with Crippen molar-refractivity contribution in [2.45, 2.75) is 72.1 Å². The van der Waals surface area contributed by atoms with Crippen molar-refractivity contribution >= 4 is 25.4 Å². The Kier molecular flexibility index (Phi) is 12.1. The maximum atomic E-state index is 14.2. The molecule has 0 fully saturated rings. The van der Waals surface area contributed by atoms with Gasteiger partial charge < -0.3 is 23.3 Å². The molecule has 0 radical (unpaired) electrons. The fourth-order valence-electron chi connectivity index (χ4n) is 4.22. The average Bonchev–Trinajstić information content (AvgIpc) is 2.84. The zero-order valence-corrected chi connectivity index (χ0v) is 23.4. The molecule has 1 unspecified atom stereocenters. The Bertz CT molecular complexity index is 925. The van der Waals surface area contributed by atoms with Crippen molar-refractivity contribution in [3.05, 3.63) is 35.9 Å². The van der Waals surface area contributed by atoms with E-state index in [0.29, 0.717) is 30.6 Å². The van der Waals surface area contributed by atoms with Crippen molar-refractivity contribution in [1.29, 1.82) is 0 Å². The topological polar surface area (TPSA) is 105 Å². The molecule has 0 aromatic heterocycles. The molecule has 0 spiro atoms. The van der Waals surface area contributed by atoms with Crippen LogP contribution in [-0.2, 0) is 32.6 Å². The molecule has 36 heavy (non-hydrogen) atoms. The van der Waals surface area contributed by atoms with Crippen LogP contribution in [0.25, 0.3) is 0 Å². The minimum atomic E-state index is -4.01. The highest BCUT2D eigenvalue weighted by Gasteiger charge is 2.53. The summed E-state index contributed by atoms with van der Waals surface area (Å²) in [6.45, 7) is 13.9. The standard InChI is InChI=1S/C26H41N2O7P/c1-8-31-24-21(18(6)7)27-25(32-9-2)22(28-24)20(19-16-14-13-15-17-19)23(26(29)33-10-3)36(30,34-11-4)35-12-5/h13-18,20-23H,8-12H2,1-7H3/t20-,21+,22-,23?/m0/s1. The third-order valence-corrected chi connectivity index (χ3v) is 8.06. The summed E-state index contributed by atoms with van der Waals surface area (Å²) in [6.07, 6.45) is 0. The lowest BCUT2D eigenvalue weighted by Crippen LogP contribution is -2.46. The van der Waals surface area contributed by atoms with Crippen LogP contribution in [0.2, 0.25) is 0 Å². The van der Waals surface area contributed by atoms with Crippen LogP contribution in [-0.4, -0.2) is 68.5 Å². The average molecular weight is 525 g/mol. The van der Waals surface area contributed by atoms with Gasteiger partial charge in [0.25, 0.3) is 0 Å². The molecule has 0 saturated carbocycles. The van der Waals surface area contributed by atoms with Gasteiger partial charge in [0.05, 0.1) is 33.0 Å². The Balaban J connectivity index is 2.83. The number of esters is 1. The molecule has 0 aliphatic carbocycles. The molecule has 1 aromatic carbocycles. The molecule has 1 heterocycles. The van der Waals surface area contributed by atoms with Gasteiger partial charge in [0.1, 0.15) is 12.1 Å². The van der Waals surface area contributed by atoms with Crippen molar-refractivity contribution in [2.75, 3.05) is 33.0 Å². The molecular weight excluding hydrogens is 483 g/mol. The number of carbonyl (C=O) groups excluding carboxylic acids is 1. The molecule has 0 saturated heterocycles. The van der Waals surface area contributed by atoms with Crippen LogP contribution in [0.15, 0.2) is 40.3 Å². The van der Waals surface area contributed by atoms with E-state index in [1.54, 1.807) is 20.8 Å². The van der Waals surface area contributed by atoms with Crippen molar-refractivity contribution < 1.29 is 32.6 Å². The minimum absolute atomic E-state index is 0.0919. The van der Waals surface area contributed by atoms with Crippen LogP contribution in [0.4, 0.5) is 0 Å². The van der Waals surface area contributed by atoms with E-state index in [0.717, 1.165) is 0 Å². The van der Waals surface area contributed by atoms with E-state index in [-0.39, 0.29) is 31.8 Å². The van der Waals surface area contributed by atoms with E-state index >= 15 is 0 Å². The van der Waals surface area contributed by atoms with Gasteiger partial charge in [-0.25, -0.2) is 9.98 Å². The van der Waals surface area contributed by atoms with Gasteiger partial charge in [0.15, 0.2) is 5.66 Å². The number of hydrogen-bond donors (Lipinski definition) is 0. The number of hydrogen-bond acceptors (Lipinski definition) is 9. The SMILES string of the molecule is CCOC(=O)C([C@@H](c1ccccc1)[C@@H]1N=C(OCC)[C@@H](C(C)C)N=C1OCC)P(=O)(OCC)OCC. The highest BCUT2D eigenvalue weighted by molar-refractivity contribution is 7.55. The van der Waals surface area contributed by atoms with Crippen molar-refractivity contribution in [2.24, 2.45) is 15.9 Å². The first-order valence-electron chi connectivity index (χ1n) is 12.8. The van der Waals surface area contributed by atoms with Crippen LogP contribution in [0.1, 0.15) is 59.9 Å². The normalized spacial score (nSPS) is 19.8. The highest BCUT2D eigenvalue weighted by atomic mass is 31.2. The van der Waals surface area contributed by atoms with Crippen molar-refractivity contribution in [3.8, 4) is 0 Å². The van der Waals surface area contributed by atoms with E-state index in [4.69, 9.17) is 33.2 Å². The van der Waals surface area contributed by atoms with Gasteiger partial charge in [-0.05, 0) is 46.1 Å². The minimum Gasteiger partial charge on any atom is -0.480 e. The Hall–Kier alpha value is -2.22. The van der Waals surface area contributed by atoms with Gasteiger partial charge in [0.2, 0.25) is 11.8 Å². The molecule has 0 N–H and O–H groups in total. The van der Waals surface area contributed by atoms with Crippen molar-refractivity contribution in [3.63, 3.8) is 0 Å². The van der Waals surface area contributed by atoms with Gasteiger partial charge in [-0.2, -0.15) is 0 Å². The number of carbonyl (C=O) groups is 1. The lowest BCUT2D eigenvalue weighted by molar-refractivity contribution is -0.143. The summed E-state index contributed by atoms with van der Waals surface area (Å²) in [5.74, 6) is -0.607. The van der Waals surface area contributed by atoms with E-state index in [2.05, 4.69) is 0 Å². The van der Waals surface area contributed by atoms with Crippen LogP contribution >= 0.6 is 7.60 Å². The van der Waals surface area contributed by atoms with E-state index in [9.17, 15) is 9.36 Å². The van der Waals surface area contributed by atoms with Gasteiger partial charge in [-0.1, -0.05) is 44.2 Å². The summed E-state index contributed by atoms with van der Waals surface area (Å²) in [6, 6.07) is 8.12. The molecule has 2 rings (SSSR count). The zero-order valence-electron chi connectivity index (χ0n) is 22.5. The number of aliphatic imine (C=N–C) groups is 2. The summed E-state index contributed by atoms with van der Waals surface area (Å²) >= 11 is 0. The predicted octanol–water partition coefficient (Wildman–Crippen LogP) is 5.24. The van der Waals surface area contributed by atoms with Crippen LogP contribution < -0.4 is 0 Å². The lowest BCUT2D eigenvalue weighted by Gasteiger charge is -2.37. The highest BCUT2D eigenvalue weighted by Crippen LogP contribution is 2.59. The second-order valence-corrected chi connectivity index (χ2v) is 10.6. The first-order valence-corrected chi connectivity index (χ1v) is 14.4. The monoisotopic (exact) mass is 524 g/mol. The zero-order chi connectivity index (χ0) is 26.7. The molecule has 202 valence electrons. The van der Waals surface area contributed by atoms with Gasteiger partial charge in [0, 0.05) is 5.92 Å². The first-order chi connectivity index (χ1) is 17.3. The largest absolute Gasteiger partial charge is 0.480 e. The van der Waals surface area contributed by atoms with Crippen LogP contribution in [0, 0.1) is 5.92 Å². The Labute approximate surface area is 215 Å². The Morgan fingerprint density at radius 1 is 0.833 bits per heavy atom. The molecule has 4 atom stereocenters. The number of rotatable bonds is 13. The summed E-state index contributed by atoms with van der Waals surface area (Å²) in [5.41, 5.74) is -0.604. The van der Waals surface area contributed by atoms with E-state index < -0.39 is 31.2 Å². The van der Waals surface area contributed by atoms with Crippen molar-refractivity contribution in [1.82, 2.24) is 0 Å². The second-order valence-electron chi connectivity index (χ2n) is 8.44. The fourth-order valence-corrected chi connectivity index (χ4v) is 6.39. The van der Waals surface area contributed by atoms with Crippen LogP contribution in [0.5, 0.6) is 0 Å². The van der Waals surface area contributed by atoms with Crippen LogP contribution in [0.3, 0.4) is 0 Å². The molecule has 0 bridgehead atoms. The van der Waals surface area contributed by atoms with Gasteiger partial charge in [-0.15, -0.1) is 0 Å². The Morgan fingerprint density at radius 3 is 1.83 bits per heavy atom. The smallest absolute Gasteiger partial charge is 0.345 e.